The molecule has 9 nitrogen and oxygen atoms in total. The summed E-state index contributed by atoms with van der Waals surface area (Å²) in [6.07, 6.45) is 1.13. The number of urea groups is 1. The van der Waals surface area contributed by atoms with E-state index in [2.05, 4.69) is 5.32 Å². The van der Waals surface area contributed by atoms with Crippen LogP contribution in [0.25, 0.3) is 6.08 Å². The minimum Gasteiger partial charge on any atom is -0.504 e. The molecule has 2 aromatic carbocycles. The Labute approximate surface area is 157 Å². The van der Waals surface area contributed by atoms with Crippen molar-refractivity contribution in [3.05, 3.63) is 62.8 Å². The summed E-state index contributed by atoms with van der Waals surface area (Å²) in [7, 11) is 1.24. The zero-order valence-electron chi connectivity index (χ0n) is 13.8. The van der Waals surface area contributed by atoms with Gasteiger partial charge in [-0.2, -0.15) is 0 Å². The summed E-state index contributed by atoms with van der Waals surface area (Å²) in [4.78, 5) is 36.0. The van der Waals surface area contributed by atoms with Gasteiger partial charge in [0.1, 0.15) is 5.70 Å². The lowest BCUT2D eigenvalue weighted by Gasteiger charge is -2.11. The average Bonchev–Trinajstić information content (AvgIpc) is 2.90. The summed E-state index contributed by atoms with van der Waals surface area (Å²) < 4.78 is 4.91. The second kappa shape index (κ2) is 6.96. The number of non-ortho nitro benzene ring substituents is 1. The van der Waals surface area contributed by atoms with Crippen molar-refractivity contribution in [3.8, 4) is 11.5 Å². The zero-order valence-corrected chi connectivity index (χ0v) is 14.6. The molecule has 0 saturated carbocycles. The third kappa shape index (κ3) is 3.40. The minimum absolute atomic E-state index is 0.0577. The number of nitro groups is 1. The van der Waals surface area contributed by atoms with E-state index < -0.39 is 22.6 Å². The maximum atomic E-state index is 12.6. The van der Waals surface area contributed by atoms with Gasteiger partial charge >= 0.3 is 6.03 Å². The van der Waals surface area contributed by atoms with Gasteiger partial charge < -0.3 is 15.2 Å². The molecule has 1 saturated heterocycles. The van der Waals surface area contributed by atoms with Crippen LogP contribution >= 0.6 is 11.6 Å². The highest BCUT2D eigenvalue weighted by molar-refractivity contribution is 6.32. The maximum absolute atomic E-state index is 12.6. The number of phenolic OH excluding ortho intramolecular Hbond substituents is 1. The Balaban J connectivity index is 2.04. The van der Waals surface area contributed by atoms with E-state index in [1.165, 1.54) is 19.2 Å². The molecule has 0 bridgehead atoms. The number of imide groups is 1. The number of nitrogens with zero attached hydrogens (tertiary/aromatic N) is 2. The highest BCUT2D eigenvalue weighted by atomic mass is 35.5. The lowest BCUT2D eigenvalue weighted by Crippen LogP contribution is -2.30. The molecule has 1 heterocycles. The van der Waals surface area contributed by atoms with Crippen molar-refractivity contribution in [2.45, 2.75) is 0 Å². The predicted molar refractivity (Wildman–Crippen MR) is 96.8 cm³/mol. The second-order valence-electron chi connectivity index (χ2n) is 5.45. The van der Waals surface area contributed by atoms with Crippen LogP contribution in [0.2, 0.25) is 5.02 Å². The van der Waals surface area contributed by atoms with Gasteiger partial charge in [0.15, 0.2) is 11.5 Å². The number of aromatic hydroxyl groups is 1. The highest BCUT2D eigenvalue weighted by Crippen LogP contribution is 2.36. The van der Waals surface area contributed by atoms with Gasteiger partial charge in [-0.05, 0) is 24.3 Å². The molecule has 1 aliphatic heterocycles. The Hall–Kier alpha value is -3.59. The minimum atomic E-state index is -0.717. The lowest BCUT2D eigenvalue weighted by atomic mass is 10.1. The molecule has 10 heteroatoms. The highest BCUT2D eigenvalue weighted by Gasteiger charge is 2.35. The van der Waals surface area contributed by atoms with E-state index in [0.717, 1.165) is 23.1 Å². The van der Waals surface area contributed by atoms with Gasteiger partial charge in [0.05, 0.1) is 23.8 Å². The Morgan fingerprint density at radius 3 is 2.67 bits per heavy atom. The summed E-state index contributed by atoms with van der Waals surface area (Å²) in [6, 6.07) is 7.53. The topological polar surface area (TPSA) is 122 Å². The Kier molecular flexibility index (Phi) is 4.70. The third-order valence-electron chi connectivity index (χ3n) is 3.76. The van der Waals surface area contributed by atoms with Gasteiger partial charge in [-0.3, -0.25) is 14.9 Å². The number of hydrogen-bond acceptors (Lipinski definition) is 6. The maximum Gasteiger partial charge on any atom is 0.333 e. The summed E-state index contributed by atoms with van der Waals surface area (Å²) in [6.45, 7) is 0. The van der Waals surface area contributed by atoms with E-state index in [-0.39, 0.29) is 28.4 Å². The van der Waals surface area contributed by atoms with Crippen LogP contribution in [0, 0.1) is 10.1 Å². The van der Waals surface area contributed by atoms with Crippen LogP contribution < -0.4 is 15.0 Å². The number of carbonyl (C=O) groups excluding carboxylic acids is 2. The van der Waals surface area contributed by atoms with Crippen LogP contribution in [0.1, 0.15) is 5.56 Å². The van der Waals surface area contributed by atoms with Gasteiger partial charge in [-0.1, -0.05) is 17.7 Å². The number of benzene rings is 2. The molecule has 0 aliphatic carbocycles. The molecule has 2 aromatic rings. The van der Waals surface area contributed by atoms with Gasteiger partial charge in [-0.25, -0.2) is 9.69 Å². The number of halogens is 1. The number of amides is 3. The Morgan fingerprint density at radius 1 is 1.30 bits per heavy atom. The second-order valence-corrected chi connectivity index (χ2v) is 5.89. The van der Waals surface area contributed by atoms with E-state index >= 15 is 0 Å². The molecule has 0 spiro atoms. The fourth-order valence-corrected chi connectivity index (χ4v) is 2.71. The van der Waals surface area contributed by atoms with Crippen LogP contribution in [0.15, 0.2) is 42.1 Å². The van der Waals surface area contributed by atoms with Crippen molar-refractivity contribution in [2.24, 2.45) is 0 Å². The number of nitro benzene ring substituents is 1. The SMILES string of the molecule is COc1cc([N+](=O)[O-])cc(/C=C2/NC(=O)N(c3cccc(Cl)c3)C2=O)c1O. The number of ether oxygens (including phenoxy) is 1. The molecule has 1 aliphatic rings. The third-order valence-corrected chi connectivity index (χ3v) is 4.00. The van der Waals surface area contributed by atoms with Crippen molar-refractivity contribution in [1.82, 2.24) is 5.32 Å². The van der Waals surface area contributed by atoms with Crippen molar-refractivity contribution in [1.29, 1.82) is 0 Å². The van der Waals surface area contributed by atoms with Crippen molar-refractivity contribution < 1.29 is 24.4 Å². The van der Waals surface area contributed by atoms with Crippen molar-refractivity contribution in [2.75, 3.05) is 12.0 Å². The molecule has 0 aromatic heterocycles. The Morgan fingerprint density at radius 2 is 2.04 bits per heavy atom. The van der Waals surface area contributed by atoms with Crippen LogP contribution in [0.4, 0.5) is 16.2 Å². The molecule has 1 fully saturated rings. The first-order chi connectivity index (χ1) is 12.8. The van der Waals surface area contributed by atoms with E-state index in [1.807, 2.05) is 0 Å². The number of nitrogens with one attached hydrogen (secondary N) is 1. The fourth-order valence-electron chi connectivity index (χ4n) is 2.53. The van der Waals surface area contributed by atoms with E-state index in [0.29, 0.717) is 5.02 Å². The quantitative estimate of drug-likeness (QED) is 0.358. The van der Waals surface area contributed by atoms with Crippen molar-refractivity contribution >= 4 is 41.0 Å². The van der Waals surface area contributed by atoms with Gasteiger partial charge in [-0.15, -0.1) is 0 Å². The molecule has 0 atom stereocenters. The van der Waals surface area contributed by atoms with E-state index in [1.54, 1.807) is 12.1 Å². The molecular formula is C17H12ClN3O6. The monoisotopic (exact) mass is 389 g/mol. The number of rotatable bonds is 4. The molecule has 3 rings (SSSR count). The molecule has 138 valence electrons. The predicted octanol–water partition coefficient (Wildman–Crippen LogP) is 3.06. The number of anilines is 1. The number of hydrogen-bond donors (Lipinski definition) is 2. The van der Waals surface area contributed by atoms with Crippen LogP contribution in [-0.4, -0.2) is 29.1 Å². The summed E-state index contributed by atoms with van der Waals surface area (Å²) >= 11 is 5.89. The Bertz CT molecular complexity index is 1000. The lowest BCUT2D eigenvalue weighted by molar-refractivity contribution is -0.385. The zero-order chi connectivity index (χ0) is 19.7. The first kappa shape index (κ1) is 18.2. The van der Waals surface area contributed by atoms with Crippen molar-refractivity contribution in [3.63, 3.8) is 0 Å². The molecular weight excluding hydrogens is 378 g/mol. The summed E-state index contributed by atoms with van der Waals surface area (Å²) in [5, 5.41) is 23.9. The largest absolute Gasteiger partial charge is 0.504 e. The molecule has 2 N–H and O–H groups in total. The number of carbonyl (C=O) groups is 2. The fraction of sp³-hybridized carbons (Fsp3) is 0.0588. The average molecular weight is 390 g/mol. The first-order valence-electron chi connectivity index (χ1n) is 7.50. The van der Waals surface area contributed by atoms with Crippen LogP contribution in [0.5, 0.6) is 11.5 Å². The molecule has 27 heavy (non-hydrogen) atoms. The van der Waals surface area contributed by atoms with Crippen LogP contribution in [-0.2, 0) is 4.79 Å². The van der Waals surface area contributed by atoms with E-state index in [4.69, 9.17) is 16.3 Å². The number of phenols is 1. The standard InChI is InChI=1S/C17H12ClN3O6/c1-27-14-8-12(21(25)26)5-9(15(14)22)6-13-16(23)20(17(24)19-13)11-4-2-3-10(18)7-11/h2-8,22H,1H3,(H,19,24)/b13-6+. The van der Waals surface area contributed by atoms with Gasteiger partial charge in [0.2, 0.25) is 0 Å². The van der Waals surface area contributed by atoms with Gasteiger partial charge in [0.25, 0.3) is 11.6 Å². The summed E-state index contributed by atoms with van der Waals surface area (Å²) in [5.74, 6) is -1.24. The number of methoxy groups -OCH3 is 1. The smallest absolute Gasteiger partial charge is 0.333 e. The molecule has 3 amide bonds. The normalized spacial score (nSPS) is 15.2. The van der Waals surface area contributed by atoms with E-state index in [9.17, 15) is 24.8 Å². The van der Waals surface area contributed by atoms with Crippen LogP contribution in [0.3, 0.4) is 0 Å². The van der Waals surface area contributed by atoms with Gasteiger partial charge in [0, 0.05) is 16.7 Å². The summed E-state index contributed by atoms with van der Waals surface area (Å²) in [5.41, 5.74) is -0.315. The molecule has 0 unspecified atom stereocenters. The first-order valence-corrected chi connectivity index (χ1v) is 7.87. The molecule has 0 radical (unpaired) electrons.